The topological polar surface area (TPSA) is 62.3 Å². The van der Waals surface area contributed by atoms with Gasteiger partial charge in [0.2, 0.25) is 11.8 Å². The first-order valence-electron chi connectivity index (χ1n) is 7.21. The van der Waals surface area contributed by atoms with Crippen molar-refractivity contribution >= 4 is 23.2 Å². The van der Waals surface area contributed by atoms with Crippen molar-refractivity contribution in [3.63, 3.8) is 0 Å². The molecule has 5 nitrogen and oxygen atoms in total. The molecule has 0 aromatic carbocycles. The number of amides is 2. The predicted octanol–water partition coefficient (Wildman–Crippen LogP) is 2.04. The molecule has 1 fully saturated rings. The molecular formula is C15H23N3O2S. The molecule has 2 rings (SSSR count). The number of hydrogen-bond donors (Lipinski definition) is 1. The number of hydrogen-bond acceptors (Lipinski definition) is 4. The van der Waals surface area contributed by atoms with E-state index in [1.54, 1.807) is 11.1 Å². The van der Waals surface area contributed by atoms with Crippen LogP contribution in [-0.2, 0) is 16.1 Å². The van der Waals surface area contributed by atoms with Crippen LogP contribution in [0.4, 0.5) is 0 Å². The summed E-state index contributed by atoms with van der Waals surface area (Å²) in [6, 6.07) is -0.917. The third-order valence-electron chi connectivity index (χ3n) is 3.71. The van der Waals surface area contributed by atoms with E-state index < -0.39 is 12.1 Å². The fraction of sp³-hybridized carbons (Fsp3) is 0.667. The van der Waals surface area contributed by atoms with E-state index in [9.17, 15) is 9.59 Å². The fourth-order valence-electron chi connectivity index (χ4n) is 2.64. The molecule has 1 N–H and O–H groups in total. The van der Waals surface area contributed by atoms with Gasteiger partial charge >= 0.3 is 0 Å². The van der Waals surface area contributed by atoms with Crippen molar-refractivity contribution in [3.05, 3.63) is 16.6 Å². The Morgan fingerprint density at radius 2 is 2.05 bits per heavy atom. The molecule has 0 saturated carbocycles. The molecule has 0 spiro atoms. The molecule has 6 heteroatoms. The minimum Gasteiger partial charge on any atom is -0.342 e. The molecule has 21 heavy (non-hydrogen) atoms. The normalized spacial score (nSPS) is 23.6. The molecule has 0 radical (unpaired) electrons. The molecule has 1 aromatic heterocycles. The van der Waals surface area contributed by atoms with E-state index >= 15 is 0 Å². The van der Waals surface area contributed by atoms with Crippen molar-refractivity contribution in [1.82, 2.24) is 15.2 Å². The Morgan fingerprint density at radius 1 is 1.38 bits per heavy atom. The third-order valence-corrected chi connectivity index (χ3v) is 4.47. The summed E-state index contributed by atoms with van der Waals surface area (Å²) in [5, 5.41) is 5.64. The van der Waals surface area contributed by atoms with Gasteiger partial charge in [0.25, 0.3) is 0 Å². The van der Waals surface area contributed by atoms with Gasteiger partial charge in [0.05, 0.1) is 6.54 Å². The molecular weight excluding hydrogens is 286 g/mol. The smallest absolute Gasteiger partial charge is 0.246 e. The van der Waals surface area contributed by atoms with Crippen molar-refractivity contribution in [3.8, 4) is 0 Å². The molecule has 0 bridgehead atoms. The highest BCUT2D eigenvalue weighted by molar-refractivity contribution is 7.09. The average Bonchev–Trinajstić information content (AvgIpc) is 2.84. The van der Waals surface area contributed by atoms with Crippen molar-refractivity contribution in [2.45, 2.75) is 53.2 Å². The lowest BCUT2D eigenvalue weighted by Gasteiger charge is -2.44. The molecule has 116 valence electrons. The molecule has 1 saturated heterocycles. The van der Waals surface area contributed by atoms with Gasteiger partial charge in [0, 0.05) is 11.6 Å². The van der Waals surface area contributed by atoms with Gasteiger partial charge in [-0.15, -0.1) is 11.3 Å². The summed E-state index contributed by atoms with van der Waals surface area (Å²) in [5.74, 6) is -0.0214. The molecule has 0 aliphatic carbocycles. The number of piperazine rings is 1. The number of aromatic nitrogens is 1. The second-order valence-corrected chi connectivity index (χ2v) is 7.87. The van der Waals surface area contributed by atoms with Crippen LogP contribution in [0.3, 0.4) is 0 Å². The number of nitrogens with one attached hydrogen (secondary N) is 1. The van der Waals surface area contributed by atoms with Crippen LogP contribution in [0.25, 0.3) is 0 Å². The summed E-state index contributed by atoms with van der Waals surface area (Å²) in [6.45, 7) is 10.2. The Balaban J connectivity index is 2.33. The highest BCUT2D eigenvalue weighted by Crippen LogP contribution is 2.28. The van der Waals surface area contributed by atoms with Crippen LogP contribution in [-0.4, -0.2) is 33.8 Å². The lowest BCUT2D eigenvalue weighted by Crippen LogP contribution is -2.67. The van der Waals surface area contributed by atoms with Crippen molar-refractivity contribution in [2.24, 2.45) is 11.3 Å². The van der Waals surface area contributed by atoms with E-state index in [1.807, 2.05) is 40.0 Å². The monoisotopic (exact) mass is 309 g/mol. The predicted molar refractivity (Wildman–Crippen MR) is 82.7 cm³/mol. The van der Waals surface area contributed by atoms with Crippen LogP contribution < -0.4 is 5.32 Å². The molecule has 2 atom stereocenters. The number of carbonyl (C=O) groups excluding carboxylic acids is 2. The standard InChI is InChI=1S/C15H23N3O2S/c1-9(2)11-13(19)17-12(15(3,4)5)14(20)18(11)8-10-16-6-7-21-10/h6-7,9,11-12H,8H2,1-5H3,(H,17,19). The van der Waals surface area contributed by atoms with Gasteiger partial charge in [-0.1, -0.05) is 34.6 Å². The van der Waals surface area contributed by atoms with Gasteiger partial charge in [0.15, 0.2) is 0 Å². The lowest BCUT2D eigenvalue weighted by atomic mass is 9.83. The number of nitrogens with zero attached hydrogens (tertiary/aromatic N) is 2. The van der Waals surface area contributed by atoms with E-state index in [-0.39, 0.29) is 23.1 Å². The largest absolute Gasteiger partial charge is 0.342 e. The summed E-state index contributed by atoms with van der Waals surface area (Å²) >= 11 is 1.51. The lowest BCUT2D eigenvalue weighted by molar-refractivity contribution is -0.155. The summed E-state index contributed by atoms with van der Waals surface area (Å²) in [4.78, 5) is 31.2. The molecule has 2 unspecified atom stereocenters. The van der Waals surface area contributed by atoms with Crippen LogP contribution in [0, 0.1) is 11.3 Å². The summed E-state index contributed by atoms with van der Waals surface area (Å²) < 4.78 is 0. The maximum Gasteiger partial charge on any atom is 0.246 e. The van der Waals surface area contributed by atoms with E-state index in [1.165, 1.54) is 11.3 Å². The highest BCUT2D eigenvalue weighted by atomic mass is 32.1. The van der Waals surface area contributed by atoms with E-state index in [0.29, 0.717) is 6.54 Å². The van der Waals surface area contributed by atoms with Crippen molar-refractivity contribution < 1.29 is 9.59 Å². The Labute approximate surface area is 129 Å². The zero-order valence-corrected chi connectivity index (χ0v) is 14.0. The van der Waals surface area contributed by atoms with Crippen LogP contribution in [0.15, 0.2) is 11.6 Å². The zero-order valence-electron chi connectivity index (χ0n) is 13.2. The van der Waals surface area contributed by atoms with E-state index in [2.05, 4.69) is 10.3 Å². The molecule has 1 aromatic rings. The molecule has 1 aliphatic heterocycles. The zero-order chi connectivity index (χ0) is 15.8. The first kappa shape index (κ1) is 15.9. The first-order chi connectivity index (χ1) is 9.71. The average molecular weight is 309 g/mol. The summed E-state index contributed by atoms with van der Waals surface area (Å²) in [6.07, 6.45) is 1.72. The summed E-state index contributed by atoms with van der Waals surface area (Å²) in [5.41, 5.74) is -0.310. The maximum absolute atomic E-state index is 12.8. The highest BCUT2D eigenvalue weighted by Gasteiger charge is 2.46. The van der Waals surface area contributed by atoms with Crippen molar-refractivity contribution in [2.75, 3.05) is 0 Å². The van der Waals surface area contributed by atoms with Gasteiger partial charge in [-0.2, -0.15) is 0 Å². The van der Waals surface area contributed by atoms with Crippen molar-refractivity contribution in [1.29, 1.82) is 0 Å². The number of rotatable bonds is 3. The van der Waals surface area contributed by atoms with Gasteiger partial charge in [-0.05, 0) is 11.3 Å². The van der Waals surface area contributed by atoms with E-state index in [0.717, 1.165) is 5.01 Å². The Bertz CT molecular complexity index is 520. The molecule has 2 amide bonds. The van der Waals surface area contributed by atoms with Crippen LogP contribution in [0.1, 0.15) is 39.6 Å². The minimum absolute atomic E-state index is 0.0176. The second kappa shape index (κ2) is 5.75. The number of carbonyl (C=O) groups is 2. The molecule has 1 aliphatic rings. The fourth-order valence-corrected chi connectivity index (χ4v) is 3.25. The van der Waals surface area contributed by atoms with Crippen LogP contribution in [0.5, 0.6) is 0 Å². The minimum atomic E-state index is -0.486. The third kappa shape index (κ3) is 3.26. The van der Waals surface area contributed by atoms with Crippen LogP contribution >= 0.6 is 11.3 Å². The first-order valence-corrected chi connectivity index (χ1v) is 8.09. The SMILES string of the molecule is CC(C)C1C(=O)NC(C(C)(C)C)C(=O)N1Cc1nccs1. The van der Waals surface area contributed by atoms with Crippen LogP contribution in [0.2, 0.25) is 0 Å². The quantitative estimate of drug-likeness (QED) is 0.929. The van der Waals surface area contributed by atoms with Gasteiger partial charge in [-0.3, -0.25) is 9.59 Å². The second-order valence-electron chi connectivity index (χ2n) is 6.89. The Hall–Kier alpha value is -1.43. The Kier molecular flexibility index (Phi) is 4.37. The van der Waals surface area contributed by atoms with Gasteiger partial charge < -0.3 is 10.2 Å². The van der Waals surface area contributed by atoms with E-state index in [4.69, 9.17) is 0 Å². The maximum atomic E-state index is 12.8. The summed E-state index contributed by atoms with van der Waals surface area (Å²) in [7, 11) is 0. The van der Waals surface area contributed by atoms with Gasteiger partial charge in [-0.25, -0.2) is 4.98 Å². The number of thiazole rings is 1. The molecule has 2 heterocycles. The van der Waals surface area contributed by atoms with Gasteiger partial charge in [0.1, 0.15) is 17.1 Å². The Morgan fingerprint density at radius 3 is 2.52 bits per heavy atom.